The molecule has 1 aliphatic heterocycles. The molecule has 4 nitrogen and oxygen atoms in total. The van der Waals surface area contributed by atoms with Gasteiger partial charge in [-0.25, -0.2) is 8.78 Å². The Hall–Kier alpha value is -1.53. The minimum atomic E-state index is -0.588. The van der Waals surface area contributed by atoms with Gasteiger partial charge in [0.15, 0.2) is 0 Å². The monoisotopic (exact) mass is 284 g/mol. The summed E-state index contributed by atoms with van der Waals surface area (Å²) in [6.45, 7) is 3.39. The lowest BCUT2D eigenvalue weighted by Crippen LogP contribution is -2.48. The van der Waals surface area contributed by atoms with Crippen LogP contribution in [-0.2, 0) is 9.53 Å². The number of rotatable bonds is 4. The van der Waals surface area contributed by atoms with Gasteiger partial charge in [0.2, 0.25) is 0 Å². The van der Waals surface area contributed by atoms with E-state index in [9.17, 15) is 13.6 Å². The normalized spacial score (nSPS) is 20.4. The first kappa shape index (κ1) is 14.9. The molecule has 6 heteroatoms. The second-order valence-corrected chi connectivity index (χ2v) is 4.70. The van der Waals surface area contributed by atoms with Crippen LogP contribution in [0.4, 0.5) is 8.78 Å². The van der Waals surface area contributed by atoms with Gasteiger partial charge in [-0.2, -0.15) is 0 Å². The predicted molar refractivity (Wildman–Crippen MR) is 70.1 cm³/mol. The van der Waals surface area contributed by atoms with Crippen LogP contribution >= 0.6 is 0 Å². The smallest absolute Gasteiger partial charge is 0.250 e. The lowest BCUT2D eigenvalue weighted by atomic mass is 10.0. The fourth-order valence-corrected chi connectivity index (χ4v) is 2.18. The van der Waals surface area contributed by atoms with Gasteiger partial charge in [0.1, 0.15) is 17.7 Å². The number of morpholine rings is 1. The highest BCUT2D eigenvalue weighted by Gasteiger charge is 2.25. The first-order chi connectivity index (χ1) is 9.61. The highest BCUT2D eigenvalue weighted by Crippen LogP contribution is 2.21. The Bertz CT molecular complexity index is 476. The van der Waals surface area contributed by atoms with E-state index >= 15 is 0 Å². The van der Waals surface area contributed by atoms with Crippen molar-refractivity contribution >= 4 is 5.91 Å². The molecule has 0 radical (unpaired) electrons. The SMILES string of the molecule is CCC(NC(=O)C1CNCCO1)c1cc(F)ccc1F. The van der Waals surface area contributed by atoms with E-state index in [1.807, 2.05) is 0 Å². The summed E-state index contributed by atoms with van der Waals surface area (Å²) in [5, 5.41) is 5.76. The summed E-state index contributed by atoms with van der Waals surface area (Å²) >= 11 is 0. The summed E-state index contributed by atoms with van der Waals surface area (Å²) in [4.78, 5) is 12.0. The van der Waals surface area contributed by atoms with Crippen molar-refractivity contribution in [1.29, 1.82) is 0 Å². The van der Waals surface area contributed by atoms with Crippen molar-refractivity contribution in [1.82, 2.24) is 10.6 Å². The molecule has 0 spiro atoms. The highest BCUT2D eigenvalue weighted by atomic mass is 19.1. The van der Waals surface area contributed by atoms with E-state index in [0.29, 0.717) is 26.1 Å². The molecule has 0 aromatic heterocycles. The van der Waals surface area contributed by atoms with Gasteiger partial charge in [-0.1, -0.05) is 6.92 Å². The fraction of sp³-hybridized carbons (Fsp3) is 0.500. The second-order valence-electron chi connectivity index (χ2n) is 4.70. The van der Waals surface area contributed by atoms with Crippen LogP contribution in [0.25, 0.3) is 0 Å². The zero-order chi connectivity index (χ0) is 14.5. The van der Waals surface area contributed by atoms with Gasteiger partial charge in [0.05, 0.1) is 12.6 Å². The maximum Gasteiger partial charge on any atom is 0.250 e. The zero-order valence-corrected chi connectivity index (χ0v) is 11.3. The number of hydrogen-bond acceptors (Lipinski definition) is 3. The Morgan fingerprint density at radius 2 is 2.35 bits per heavy atom. The molecule has 2 unspecified atom stereocenters. The third-order valence-electron chi connectivity index (χ3n) is 3.28. The first-order valence-electron chi connectivity index (χ1n) is 6.69. The molecular formula is C14H18F2N2O2. The fourth-order valence-electron chi connectivity index (χ4n) is 2.18. The summed E-state index contributed by atoms with van der Waals surface area (Å²) in [5.41, 5.74) is 0.157. The van der Waals surface area contributed by atoms with E-state index in [4.69, 9.17) is 4.74 Å². The molecule has 2 rings (SSSR count). The Balaban J connectivity index is 2.08. The molecule has 1 saturated heterocycles. The average molecular weight is 284 g/mol. The van der Waals surface area contributed by atoms with E-state index < -0.39 is 23.8 Å². The van der Waals surface area contributed by atoms with Crippen LogP contribution in [0.3, 0.4) is 0 Å². The number of halogens is 2. The molecular weight excluding hydrogens is 266 g/mol. The molecule has 1 aromatic carbocycles. The standard InChI is InChI=1S/C14H18F2N2O2/c1-2-12(10-7-9(15)3-4-11(10)16)18-14(19)13-8-17-5-6-20-13/h3-4,7,12-13,17H,2,5-6,8H2,1H3,(H,18,19). The van der Waals surface area contributed by atoms with Gasteiger partial charge >= 0.3 is 0 Å². The third-order valence-corrected chi connectivity index (χ3v) is 3.28. The predicted octanol–water partition coefficient (Wildman–Crippen LogP) is 1.52. The van der Waals surface area contributed by atoms with E-state index in [1.54, 1.807) is 6.92 Å². The largest absolute Gasteiger partial charge is 0.366 e. The Kier molecular flexibility index (Phi) is 5.03. The first-order valence-corrected chi connectivity index (χ1v) is 6.69. The third kappa shape index (κ3) is 3.52. The van der Waals surface area contributed by atoms with E-state index in [1.165, 1.54) is 0 Å². The molecule has 2 N–H and O–H groups in total. The Labute approximate surface area is 116 Å². The number of ether oxygens (including phenoxy) is 1. The lowest BCUT2D eigenvalue weighted by molar-refractivity contribution is -0.135. The molecule has 1 aliphatic rings. The summed E-state index contributed by atoms with van der Waals surface area (Å²) in [6, 6.07) is 2.67. The topological polar surface area (TPSA) is 50.4 Å². The molecule has 0 aliphatic carbocycles. The molecule has 0 bridgehead atoms. The van der Waals surface area contributed by atoms with Crippen LogP contribution in [0.1, 0.15) is 24.9 Å². The summed E-state index contributed by atoms with van der Waals surface area (Å²) in [6.07, 6.45) is -0.124. The van der Waals surface area contributed by atoms with Crippen LogP contribution in [0.5, 0.6) is 0 Å². The van der Waals surface area contributed by atoms with Crippen LogP contribution in [-0.4, -0.2) is 31.7 Å². The number of nitrogens with one attached hydrogen (secondary N) is 2. The minimum absolute atomic E-state index is 0.157. The molecule has 1 heterocycles. The van der Waals surface area contributed by atoms with Crippen molar-refractivity contribution < 1.29 is 18.3 Å². The van der Waals surface area contributed by atoms with Crippen molar-refractivity contribution in [3.05, 3.63) is 35.4 Å². The van der Waals surface area contributed by atoms with Crippen LogP contribution in [0.15, 0.2) is 18.2 Å². The van der Waals surface area contributed by atoms with Gasteiger partial charge in [0, 0.05) is 18.7 Å². The van der Waals surface area contributed by atoms with Crippen molar-refractivity contribution in [2.45, 2.75) is 25.5 Å². The van der Waals surface area contributed by atoms with E-state index in [0.717, 1.165) is 18.2 Å². The molecule has 110 valence electrons. The molecule has 20 heavy (non-hydrogen) atoms. The van der Waals surface area contributed by atoms with E-state index in [2.05, 4.69) is 10.6 Å². The number of benzene rings is 1. The van der Waals surface area contributed by atoms with Gasteiger partial charge in [-0.05, 0) is 24.6 Å². The number of carbonyl (C=O) groups excluding carboxylic acids is 1. The second kappa shape index (κ2) is 6.76. The molecule has 1 amide bonds. The summed E-state index contributed by atoms with van der Waals surface area (Å²) in [7, 11) is 0. The quantitative estimate of drug-likeness (QED) is 0.881. The maximum absolute atomic E-state index is 13.7. The van der Waals surface area contributed by atoms with Gasteiger partial charge < -0.3 is 15.4 Å². The molecule has 0 saturated carbocycles. The van der Waals surface area contributed by atoms with Crippen molar-refractivity contribution in [2.24, 2.45) is 0 Å². The zero-order valence-electron chi connectivity index (χ0n) is 11.3. The number of hydrogen-bond donors (Lipinski definition) is 2. The Morgan fingerprint density at radius 1 is 1.55 bits per heavy atom. The summed E-state index contributed by atoms with van der Waals surface area (Å²) < 4.78 is 32.3. The van der Waals surface area contributed by atoms with E-state index in [-0.39, 0.29) is 11.5 Å². The molecule has 1 fully saturated rings. The molecule has 1 aromatic rings. The maximum atomic E-state index is 13.7. The highest BCUT2D eigenvalue weighted by molar-refractivity contribution is 5.81. The van der Waals surface area contributed by atoms with Crippen molar-refractivity contribution in [2.75, 3.05) is 19.7 Å². The van der Waals surface area contributed by atoms with Crippen LogP contribution in [0, 0.1) is 11.6 Å². The average Bonchev–Trinajstić information content (AvgIpc) is 2.48. The van der Waals surface area contributed by atoms with Gasteiger partial charge in [0.25, 0.3) is 5.91 Å². The van der Waals surface area contributed by atoms with Crippen LogP contribution < -0.4 is 10.6 Å². The number of carbonyl (C=O) groups is 1. The summed E-state index contributed by atoms with van der Waals surface area (Å²) in [5.74, 6) is -1.36. The van der Waals surface area contributed by atoms with Crippen molar-refractivity contribution in [3.8, 4) is 0 Å². The Morgan fingerprint density at radius 3 is 3.00 bits per heavy atom. The van der Waals surface area contributed by atoms with Gasteiger partial charge in [-0.15, -0.1) is 0 Å². The molecule has 2 atom stereocenters. The van der Waals surface area contributed by atoms with Crippen LogP contribution in [0.2, 0.25) is 0 Å². The minimum Gasteiger partial charge on any atom is -0.366 e. The number of amides is 1. The lowest BCUT2D eigenvalue weighted by Gasteiger charge is -2.25. The van der Waals surface area contributed by atoms with Crippen molar-refractivity contribution in [3.63, 3.8) is 0 Å². The van der Waals surface area contributed by atoms with Gasteiger partial charge in [-0.3, -0.25) is 4.79 Å².